The zero-order valence-electron chi connectivity index (χ0n) is 11.8. The van der Waals surface area contributed by atoms with E-state index in [-0.39, 0.29) is 24.8 Å². The van der Waals surface area contributed by atoms with Gasteiger partial charge in [-0.15, -0.1) is 0 Å². The lowest BCUT2D eigenvalue weighted by Gasteiger charge is -2.30. The molecule has 1 aliphatic rings. The number of nitrogens with zero attached hydrogens (tertiary/aromatic N) is 1. The lowest BCUT2D eigenvalue weighted by atomic mass is 10.1. The number of hydrogen-bond acceptors (Lipinski definition) is 4. The molecule has 0 spiro atoms. The van der Waals surface area contributed by atoms with Crippen molar-refractivity contribution in [3.63, 3.8) is 0 Å². The summed E-state index contributed by atoms with van der Waals surface area (Å²) in [5, 5.41) is 10.2. The second kappa shape index (κ2) is 5.62. The van der Waals surface area contributed by atoms with Gasteiger partial charge in [0.25, 0.3) is 5.91 Å². The summed E-state index contributed by atoms with van der Waals surface area (Å²) < 4.78 is 10.7. The number of benzene rings is 1. The van der Waals surface area contributed by atoms with Gasteiger partial charge in [0.05, 0.1) is 18.2 Å². The first kappa shape index (κ1) is 14.9. The van der Waals surface area contributed by atoms with Crippen LogP contribution in [0.4, 0.5) is 0 Å². The Bertz CT molecular complexity index is 754. The van der Waals surface area contributed by atoms with Gasteiger partial charge in [-0.25, -0.2) is 4.79 Å². The fraction of sp³-hybridized carbons (Fsp3) is 0.333. The number of furan rings is 1. The van der Waals surface area contributed by atoms with Gasteiger partial charge < -0.3 is 19.2 Å². The van der Waals surface area contributed by atoms with Gasteiger partial charge in [-0.3, -0.25) is 4.79 Å². The number of ether oxygens (including phenoxy) is 1. The summed E-state index contributed by atoms with van der Waals surface area (Å²) in [7, 11) is 0. The van der Waals surface area contributed by atoms with E-state index in [2.05, 4.69) is 0 Å². The van der Waals surface area contributed by atoms with Gasteiger partial charge in [-0.1, -0.05) is 23.7 Å². The van der Waals surface area contributed by atoms with Gasteiger partial charge in [0, 0.05) is 17.5 Å². The maximum atomic E-state index is 12.6. The standard InChI is InChI=1S/C15H14ClNO5/c1-8-9-3-2-4-10(16)13(9)22-12(8)14(18)17-5-6-21-11(7-17)15(19)20/h2-4,11H,5-7H2,1H3,(H,19,20)/t11-/m0/s1. The number of rotatable bonds is 2. The molecule has 0 bridgehead atoms. The largest absolute Gasteiger partial charge is 0.479 e. The average molecular weight is 324 g/mol. The zero-order valence-corrected chi connectivity index (χ0v) is 12.6. The minimum atomic E-state index is -1.08. The number of carbonyl (C=O) groups is 2. The Labute approximate surface area is 131 Å². The lowest BCUT2D eigenvalue weighted by molar-refractivity contribution is -0.154. The molecule has 1 N–H and O–H groups in total. The van der Waals surface area contributed by atoms with Crippen molar-refractivity contribution in [1.82, 2.24) is 4.90 Å². The van der Waals surface area contributed by atoms with Crippen LogP contribution < -0.4 is 0 Å². The van der Waals surface area contributed by atoms with E-state index in [4.69, 9.17) is 25.9 Å². The second-order valence-electron chi connectivity index (χ2n) is 5.12. The third-order valence-corrected chi connectivity index (χ3v) is 4.04. The van der Waals surface area contributed by atoms with E-state index in [0.717, 1.165) is 5.39 Å². The Balaban J connectivity index is 1.94. The highest BCUT2D eigenvalue weighted by Crippen LogP contribution is 2.31. The number of fused-ring (bicyclic) bond motifs is 1. The van der Waals surface area contributed by atoms with E-state index in [1.165, 1.54) is 4.90 Å². The van der Waals surface area contributed by atoms with Crippen LogP contribution in [0.25, 0.3) is 11.0 Å². The monoisotopic (exact) mass is 323 g/mol. The summed E-state index contributed by atoms with van der Waals surface area (Å²) in [6.45, 7) is 2.29. The highest BCUT2D eigenvalue weighted by Gasteiger charge is 2.32. The number of hydrogen-bond donors (Lipinski definition) is 1. The topological polar surface area (TPSA) is 80.0 Å². The molecular weight excluding hydrogens is 310 g/mol. The van der Waals surface area contributed by atoms with Crippen LogP contribution in [0, 0.1) is 6.92 Å². The van der Waals surface area contributed by atoms with Crippen molar-refractivity contribution in [1.29, 1.82) is 0 Å². The first-order valence-corrected chi connectivity index (χ1v) is 7.18. The molecule has 7 heteroatoms. The number of amides is 1. The van der Waals surface area contributed by atoms with E-state index in [9.17, 15) is 9.59 Å². The molecule has 3 rings (SSSR count). The molecule has 1 aromatic carbocycles. The summed E-state index contributed by atoms with van der Waals surface area (Å²) in [5.74, 6) is -1.24. The molecule has 1 aromatic heterocycles. The molecule has 2 heterocycles. The summed E-state index contributed by atoms with van der Waals surface area (Å²) in [6.07, 6.45) is -1.01. The third-order valence-electron chi connectivity index (χ3n) is 3.74. The Morgan fingerprint density at radius 3 is 2.86 bits per heavy atom. The second-order valence-corrected chi connectivity index (χ2v) is 5.53. The van der Waals surface area contributed by atoms with Gasteiger partial charge >= 0.3 is 5.97 Å². The molecule has 22 heavy (non-hydrogen) atoms. The molecule has 1 fully saturated rings. The Morgan fingerprint density at radius 1 is 1.41 bits per heavy atom. The van der Waals surface area contributed by atoms with Crippen molar-refractivity contribution in [2.45, 2.75) is 13.0 Å². The van der Waals surface area contributed by atoms with Gasteiger partial charge in [0.2, 0.25) is 0 Å². The molecule has 2 aromatic rings. The SMILES string of the molecule is Cc1c(C(=O)N2CCO[C@H](C(=O)O)C2)oc2c(Cl)cccc12. The maximum absolute atomic E-state index is 12.6. The molecule has 1 aliphatic heterocycles. The summed E-state index contributed by atoms with van der Waals surface area (Å²) in [6, 6.07) is 5.31. The molecule has 0 aliphatic carbocycles. The number of carboxylic acid groups (broad SMARTS) is 1. The van der Waals surface area contributed by atoms with Crippen molar-refractivity contribution in [2.75, 3.05) is 19.7 Å². The molecule has 0 radical (unpaired) electrons. The van der Waals surface area contributed by atoms with Gasteiger partial charge in [-0.05, 0) is 13.0 Å². The van der Waals surface area contributed by atoms with Crippen LogP contribution in [-0.4, -0.2) is 47.7 Å². The molecule has 0 saturated carbocycles. The summed E-state index contributed by atoms with van der Waals surface area (Å²) >= 11 is 6.08. The number of halogens is 1. The highest BCUT2D eigenvalue weighted by atomic mass is 35.5. The maximum Gasteiger partial charge on any atom is 0.334 e. The van der Waals surface area contributed by atoms with Gasteiger partial charge in [0.1, 0.15) is 0 Å². The number of para-hydroxylation sites is 1. The van der Waals surface area contributed by atoms with Gasteiger partial charge in [-0.2, -0.15) is 0 Å². The molecule has 1 atom stereocenters. The van der Waals surface area contributed by atoms with Crippen LogP contribution in [0.5, 0.6) is 0 Å². The van der Waals surface area contributed by atoms with Crippen molar-refractivity contribution in [2.24, 2.45) is 0 Å². The number of aliphatic carboxylic acids is 1. The third kappa shape index (κ3) is 2.44. The minimum Gasteiger partial charge on any atom is -0.479 e. The normalized spacial score (nSPS) is 18.6. The Morgan fingerprint density at radius 2 is 2.18 bits per heavy atom. The zero-order chi connectivity index (χ0) is 15.9. The van der Waals surface area contributed by atoms with E-state index in [1.54, 1.807) is 19.1 Å². The predicted molar refractivity (Wildman–Crippen MR) is 79.2 cm³/mol. The van der Waals surface area contributed by atoms with Gasteiger partial charge in [0.15, 0.2) is 17.4 Å². The molecular formula is C15H14ClNO5. The molecule has 0 unspecified atom stereocenters. The fourth-order valence-electron chi connectivity index (χ4n) is 2.54. The minimum absolute atomic E-state index is 0.00160. The lowest BCUT2D eigenvalue weighted by Crippen LogP contribution is -2.48. The number of carbonyl (C=O) groups excluding carboxylic acids is 1. The van der Waals surface area contributed by atoms with E-state index in [0.29, 0.717) is 22.7 Å². The van der Waals surface area contributed by atoms with Crippen LogP contribution in [0.2, 0.25) is 5.02 Å². The molecule has 116 valence electrons. The van der Waals surface area contributed by atoms with Crippen LogP contribution in [0.3, 0.4) is 0 Å². The van der Waals surface area contributed by atoms with Crippen LogP contribution in [0.1, 0.15) is 16.1 Å². The van der Waals surface area contributed by atoms with Crippen molar-refractivity contribution < 1.29 is 23.8 Å². The Kier molecular flexibility index (Phi) is 3.80. The molecule has 6 nitrogen and oxygen atoms in total. The first-order chi connectivity index (χ1) is 10.5. The molecule has 1 saturated heterocycles. The van der Waals surface area contributed by atoms with E-state index in [1.807, 2.05) is 6.07 Å². The number of morpholine rings is 1. The summed E-state index contributed by atoms with van der Waals surface area (Å²) in [5.41, 5.74) is 1.16. The highest BCUT2D eigenvalue weighted by molar-refractivity contribution is 6.35. The number of aryl methyl sites for hydroxylation is 1. The van der Waals surface area contributed by atoms with Crippen LogP contribution in [0.15, 0.2) is 22.6 Å². The van der Waals surface area contributed by atoms with Crippen molar-refractivity contribution in [3.8, 4) is 0 Å². The predicted octanol–water partition coefficient (Wildman–Crippen LogP) is 2.32. The molecule has 1 amide bonds. The van der Waals surface area contributed by atoms with Crippen LogP contribution >= 0.6 is 11.6 Å². The van der Waals surface area contributed by atoms with E-state index >= 15 is 0 Å². The first-order valence-electron chi connectivity index (χ1n) is 6.80. The van der Waals surface area contributed by atoms with Crippen molar-refractivity contribution >= 4 is 34.4 Å². The van der Waals surface area contributed by atoms with Crippen LogP contribution in [-0.2, 0) is 9.53 Å². The quantitative estimate of drug-likeness (QED) is 0.917. The Hall–Kier alpha value is -2.05. The average Bonchev–Trinajstić information content (AvgIpc) is 2.85. The summed E-state index contributed by atoms with van der Waals surface area (Å²) in [4.78, 5) is 25.0. The smallest absolute Gasteiger partial charge is 0.334 e. The number of carboxylic acids is 1. The fourth-order valence-corrected chi connectivity index (χ4v) is 2.75. The van der Waals surface area contributed by atoms with E-state index < -0.39 is 12.1 Å². The van der Waals surface area contributed by atoms with Crippen molar-refractivity contribution in [3.05, 3.63) is 34.5 Å².